The Morgan fingerprint density at radius 3 is 2.07 bits per heavy atom. The number of rotatable bonds is 2. The van der Waals surface area contributed by atoms with Gasteiger partial charge < -0.3 is 0 Å². The number of benzene rings is 1. The summed E-state index contributed by atoms with van der Waals surface area (Å²) in [6, 6.07) is 4.78. The highest BCUT2D eigenvalue weighted by Crippen LogP contribution is 2.67. The average molecular weight is 401 g/mol. The molecule has 1 heterocycles. The van der Waals surface area contributed by atoms with Crippen molar-refractivity contribution >= 4 is 16.7 Å². The molecule has 0 N–H and O–H groups in total. The highest BCUT2D eigenvalue weighted by molar-refractivity contribution is 5.83. The van der Waals surface area contributed by atoms with Crippen LogP contribution in [0, 0.1) is 16.2 Å². The van der Waals surface area contributed by atoms with E-state index in [-0.39, 0.29) is 16.2 Å². The van der Waals surface area contributed by atoms with Gasteiger partial charge in [-0.1, -0.05) is 54.7 Å². The molecule has 0 radical (unpaired) electrons. The standard InChI is InChI=1S/C28H36N2/c1-17(13-23-18(2)26(3,4)28(7,8)27(23,5)6)30-16-29-24-14-21-19-9-11-20(12-10-19)22(21)15-25(24)30/h13-16,19-20H,1-2,9-12H2,3-8H3/b23-13+. The summed E-state index contributed by atoms with van der Waals surface area (Å²) in [6.07, 6.45) is 9.63. The van der Waals surface area contributed by atoms with Gasteiger partial charge in [-0.2, -0.15) is 0 Å². The maximum atomic E-state index is 4.77. The Labute approximate surface area is 181 Å². The Balaban J connectivity index is 1.60. The van der Waals surface area contributed by atoms with Crippen molar-refractivity contribution in [1.82, 2.24) is 9.55 Å². The molecule has 0 unspecified atom stereocenters. The molecule has 158 valence electrons. The Hall–Kier alpha value is -2.09. The minimum absolute atomic E-state index is 0.0191. The first-order valence-corrected chi connectivity index (χ1v) is 11.6. The van der Waals surface area contributed by atoms with E-state index in [1.807, 2.05) is 6.33 Å². The van der Waals surface area contributed by atoms with Crippen molar-refractivity contribution in [2.75, 3.05) is 0 Å². The van der Waals surface area contributed by atoms with Gasteiger partial charge in [-0.15, -0.1) is 0 Å². The van der Waals surface area contributed by atoms with E-state index in [2.05, 4.69) is 77.5 Å². The van der Waals surface area contributed by atoms with E-state index in [1.165, 1.54) is 42.3 Å². The zero-order valence-corrected chi connectivity index (χ0v) is 19.6. The molecule has 0 amide bonds. The molecule has 0 spiro atoms. The third-order valence-electron chi connectivity index (χ3n) is 9.86. The summed E-state index contributed by atoms with van der Waals surface area (Å²) in [5.74, 6) is 1.48. The van der Waals surface area contributed by atoms with Crippen LogP contribution in [-0.2, 0) is 0 Å². The predicted octanol–water partition coefficient (Wildman–Crippen LogP) is 7.84. The highest BCUT2D eigenvalue weighted by atomic mass is 15.1. The van der Waals surface area contributed by atoms with Crippen molar-refractivity contribution in [1.29, 1.82) is 0 Å². The SMILES string of the molecule is C=C(/C=C1\C(=C)C(C)(C)C(C)(C)C1(C)C)n1cnc2cc3c(cc21)C1CCC3CC1. The molecule has 2 heteroatoms. The number of allylic oxidation sites excluding steroid dienone is 4. The van der Waals surface area contributed by atoms with Crippen molar-refractivity contribution in [3.05, 3.63) is 60.0 Å². The van der Waals surface area contributed by atoms with Crippen molar-refractivity contribution in [3.63, 3.8) is 0 Å². The van der Waals surface area contributed by atoms with Gasteiger partial charge in [0.1, 0.15) is 6.33 Å². The third-order valence-corrected chi connectivity index (χ3v) is 9.86. The van der Waals surface area contributed by atoms with Gasteiger partial charge in [0, 0.05) is 5.70 Å². The lowest BCUT2D eigenvalue weighted by molar-refractivity contribution is 0.0754. The zero-order valence-electron chi connectivity index (χ0n) is 19.6. The van der Waals surface area contributed by atoms with Crippen LogP contribution in [0.15, 0.2) is 48.8 Å². The van der Waals surface area contributed by atoms with Crippen LogP contribution in [0.2, 0.25) is 0 Å². The maximum absolute atomic E-state index is 4.77. The number of fused-ring (bicyclic) bond motifs is 3. The highest BCUT2D eigenvalue weighted by Gasteiger charge is 2.58. The molecular weight excluding hydrogens is 364 g/mol. The first-order valence-electron chi connectivity index (χ1n) is 11.6. The van der Waals surface area contributed by atoms with Crippen molar-refractivity contribution in [2.45, 2.75) is 79.1 Å². The van der Waals surface area contributed by atoms with Gasteiger partial charge in [0.2, 0.25) is 0 Å². The molecule has 2 nitrogen and oxygen atoms in total. The summed E-state index contributed by atoms with van der Waals surface area (Å²) in [5, 5.41) is 0. The molecule has 6 rings (SSSR count). The first-order chi connectivity index (χ1) is 14.0. The van der Waals surface area contributed by atoms with E-state index in [4.69, 9.17) is 4.98 Å². The summed E-state index contributed by atoms with van der Waals surface area (Å²) in [4.78, 5) is 4.77. The molecule has 1 aromatic carbocycles. The summed E-state index contributed by atoms with van der Waals surface area (Å²) in [7, 11) is 0. The van der Waals surface area contributed by atoms with Crippen LogP contribution in [-0.4, -0.2) is 9.55 Å². The Kier molecular flexibility index (Phi) is 3.96. The number of nitrogens with zero attached hydrogens (tertiary/aromatic N) is 2. The average Bonchev–Trinajstić information content (AvgIpc) is 3.16. The summed E-state index contributed by atoms with van der Waals surface area (Å²) < 4.78 is 2.19. The topological polar surface area (TPSA) is 17.8 Å². The lowest BCUT2D eigenvalue weighted by Gasteiger charge is -2.43. The van der Waals surface area contributed by atoms with Crippen molar-refractivity contribution in [2.24, 2.45) is 16.2 Å². The first kappa shape index (κ1) is 19.8. The van der Waals surface area contributed by atoms with E-state index in [9.17, 15) is 0 Å². The number of imidazole rings is 1. The molecule has 2 saturated carbocycles. The van der Waals surface area contributed by atoms with Crippen LogP contribution in [0.5, 0.6) is 0 Å². The van der Waals surface area contributed by atoms with Gasteiger partial charge >= 0.3 is 0 Å². The Morgan fingerprint density at radius 1 is 0.967 bits per heavy atom. The number of hydrogen-bond donors (Lipinski definition) is 0. The van der Waals surface area contributed by atoms with Gasteiger partial charge in [-0.3, -0.25) is 4.57 Å². The van der Waals surface area contributed by atoms with Gasteiger partial charge in [-0.05, 0) is 94.2 Å². The van der Waals surface area contributed by atoms with E-state index in [0.717, 1.165) is 23.0 Å². The monoisotopic (exact) mass is 400 g/mol. The van der Waals surface area contributed by atoms with Crippen LogP contribution in [0.3, 0.4) is 0 Å². The quantitative estimate of drug-likeness (QED) is 0.502. The molecule has 2 bridgehead atoms. The molecule has 0 saturated heterocycles. The fourth-order valence-corrected chi connectivity index (χ4v) is 6.45. The van der Waals surface area contributed by atoms with E-state index in [1.54, 1.807) is 11.1 Å². The summed E-state index contributed by atoms with van der Waals surface area (Å²) in [6.45, 7) is 23.1. The zero-order chi connectivity index (χ0) is 21.6. The van der Waals surface area contributed by atoms with E-state index >= 15 is 0 Å². The molecule has 2 fully saturated rings. The lowest BCUT2D eigenvalue weighted by Crippen LogP contribution is -2.37. The molecule has 4 aliphatic carbocycles. The predicted molar refractivity (Wildman–Crippen MR) is 128 cm³/mol. The minimum atomic E-state index is 0.0191. The second-order valence-corrected chi connectivity index (χ2v) is 11.5. The smallest absolute Gasteiger partial charge is 0.100 e. The summed E-state index contributed by atoms with van der Waals surface area (Å²) >= 11 is 0. The van der Waals surface area contributed by atoms with E-state index < -0.39 is 0 Å². The molecule has 2 aromatic rings. The van der Waals surface area contributed by atoms with Crippen LogP contribution < -0.4 is 0 Å². The summed E-state index contributed by atoms with van der Waals surface area (Å²) in [5.41, 5.74) is 9.14. The van der Waals surface area contributed by atoms with Crippen LogP contribution in [0.4, 0.5) is 0 Å². The third kappa shape index (κ3) is 2.34. The van der Waals surface area contributed by atoms with Crippen LogP contribution in [0.1, 0.15) is 90.2 Å². The van der Waals surface area contributed by atoms with Gasteiger partial charge in [0.15, 0.2) is 0 Å². The van der Waals surface area contributed by atoms with Crippen molar-refractivity contribution < 1.29 is 0 Å². The van der Waals surface area contributed by atoms with Gasteiger partial charge in [0.05, 0.1) is 11.0 Å². The minimum Gasteiger partial charge on any atom is -0.299 e. The van der Waals surface area contributed by atoms with Gasteiger partial charge in [-0.25, -0.2) is 4.98 Å². The van der Waals surface area contributed by atoms with Crippen molar-refractivity contribution in [3.8, 4) is 0 Å². The fourth-order valence-electron chi connectivity index (χ4n) is 6.45. The molecule has 4 aliphatic rings. The largest absolute Gasteiger partial charge is 0.299 e. The fraction of sp³-hybridized carbons (Fsp3) is 0.536. The molecular formula is C28H36N2. The molecule has 30 heavy (non-hydrogen) atoms. The number of hydrogen-bond acceptors (Lipinski definition) is 1. The van der Waals surface area contributed by atoms with Crippen LogP contribution in [0.25, 0.3) is 16.7 Å². The second-order valence-electron chi connectivity index (χ2n) is 11.5. The normalized spacial score (nSPS) is 29.5. The lowest BCUT2D eigenvalue weighted by atomic mass is 9.60. The molecule has 0 atom stereocenters. The Morgan fingerprint density at radius 2 is 1.53 bits per heavy atom. The number of aromatic nitrogens is 2. The second kappa shape index (κ2) is 5.99. The maximum Gasteiger partial charge on any atom is 0.100 e. The van der Waals surface area contributed by atoms with Crippen LogP contribution >= 0.6 is 0 Å². The molecule has 1 aromatic heterocycles. The van der Waals surface area contributed by atoms with Gasteiger partial charge in [0.25, 0.3) is 0 Å². The Bertz CT molecular complexity index is 1110. The molecule has 0 aliphatic heterocycles. The van der Waals surface area contributed by atoms with E-state index in [0.29, 0.717) is 0 Å².